The van der Waals surface area contributed by atoms with Crippen molar-refractivity contribution in [2.45, 2.75) is 6.42 Å². The van der Waals surface area contributed by atoms with Crippen LogP contribution in [0.3, 0.4) is 0 Å². The van der Waals surface area contributed by atoms with E-state index >= 15 is 0 Å². The summed E-state index contributed by atoms with van der Waals surface area (Å²) in [6, 6.07) is 14.2. The second-order valence-electron chi connectivity index (χ2n) is 4.71. The zero-order valence-electron chi connectivity index (χ0n) is 11.9. The molecule has 2 rings (SSSR count). The van der Waals surface area contributed by atoms with E-state index < -0.39 is 0 Å². The molecule has 0 aliphatic heterocycles. The Morgan fingerprint density at radius 3 is 2.68 bits per heavy atom. The number of aldehydes is 1. The minimum Gasteiger partial charge on any atom is -0.484 e. The summed E-state index contributed by atoms with van der Waals surface area (Å²) in [5, 5.41) is 3.47. The molecular formula is C17H16ClNO3. The zero-order chi connectivity index (χ0) is 15.8. The maximum Gasteiger partial charge on any atom is 0.257 e. The summed E-state index contributed by atoms with van der Waals surface area (Å²) < 4.78 is 5.34. The maximum atomic E-state index is 11.7. The van der Waals surface area contributed by atoms with Gasteiger partial charge in [0.05, 0.1) is 0 Å². The molecule has 0 heterocycles. The highest BCUT2D eigenvalue weighted by Gasteiger charge is 2.03. The Labute approximate surface area is 134 Å². The Morgan fingerprint density at radius 2 is 1.95 bits per heavy atom. The molecule has 22 heavy (non-hydrogen) atoms. The van der Waals surface area contributed by atoms with Crippen LogP contribution in [0.5, 0.6) is 5.75 Å². The first-order valence-electron chi connectivity index (χ1n) is 6.86. The molecule has 0 fully saturated rings. The minimum atomic E-state index is -0.203. The fraction of sp³-hybridized carbons (Fsp3) is 0.176. The van der Waals surface area contributed by atoms with Gasteiger partial charge in [-0.15, -0.1) is 0 Å². The van der Waals surface area contributed by atoms with E-state index in [0.29, 0.717) is 22.9 Å². The van der Waals surface area contributed by atoms with Gasteiger partial charge in [0.15, 0.2) is 6.61 Å². The van der Waals surface area contributed by atoms with E-state index in [1.807, 2.05) is 24.3 Å². The van der Waals surface area contributed by atoms with Crippen LogP contribution in [0, 0.1) is 0 Å². The summed E-state index contributed by atoms with van der Waals surface area (Å²) in [5.74, 6) is 0.294. The molecule has 0 saturated carbocycles. The lowest BCUT2D eigenvalue weighted by Crippen LogP contribution is -2.30. The predicted octanol–water partition coefficient (Wildman–Crippen LogP) is 2.89. The summed E-state index contributed by atoms with van der Waals surface area (Å²) in [6.07, 6.45) is 1.46. The summed E-state index contributed by atoms with van der Waals surface area (Å²) >= 11 is 5.81. The number of hydrogen-bond donors (Lipinski definition) is 1. The quantitative estimate of drug-likeness (QED) is 0.799. The number of ether oxygens (including phenoxy) is 1. The van der Waals surface area contributed by atoms with E-state index in [2.05, 4.69) is 5.32 Å². The van der Waals surface area contributed by atoms with E-state index in [9.17, 15) is 9.59 Å². The van der Waals surface area contributed by atoms with E-state index in [1.54, 1.807) is 24.3 Å². The van der Waals surface area contributed by atoms with Gasteiger partial charge in [0.25, 0.3) is 5.91 Å². The number of rotatable bonds is 7. The molecule has 0 aliphatic carbocycles. The Hall–Kier alpha value is -2.33. The van der Waals surface area contributed by atoms with E-state index in [0.717, 1.165) is 18.3 Å². The van der Waals surface area contributed by atoms with Crippen molar-refractivity contribution in [2.24, 2.45) is 0 Å². The molecule has 0 radical (unpaired) electrons. The number of hydrogen-bond acceptors (Lipinski definition) is 3. The van der Waals surface area contributed by atoms with Crippen LogP contribution in [0.2, 0.25) is 5.02 Å². The topological polar surface area (TPSA) is 55.4 Å². The van der Waals surface area contributed by atoms with Gasteiger partial charge in [0, 0.05) is 17.1 Å². The Kier molecular flexibility index (Phi) is 5.98. The van der Waals surface area contributed by atoms with Crippen LogP contribution in [0.1, 0.15) is 15.9 Å². The normalized spacial score (nSPS) is 10.0. The van der Waals surface area contributed by atoms with Crippen LogP contribution in [0.4, 0.5) is 0 Å². The lowest BCUT2D eigenvalue weighted by molar-refractivity contribution is -0.123. The molecule has 1 N–H and O–H groups in total. The van der Waals surface area contributed by atoms with Gasteiger partial charge in [-0.2, -0.15) is 0 Å². The van der Waals surface area contributed by atoms with Crippen molar-refractivity contribution in [1.82, 2.24) is 5.32 Å². The largest absolute Gasteiger partial charge is 0.484 e. The van der Waals surface area contributed by atoms with Crippen molar-refractivity contribution in [2.75, 3.05) is 13.2 Å². The SMILES string of the molecule is O=Cc1cccc(OCC(=O)NCCc2ccc(Cl)cc2)c1. The standard InChI is InChI=1S/C17H16ClNO3/c18-15-6-4-13(5-7-15)8-9-19-17(21)12-22-16-3-1-2-14(10-16)11-20/h1-7,10-11H,8-9,12H2,(H,19,21). The second kappa shape index (κ2) is 8.20. The maximum absolute atomic E-state index is 11.7. The number of carbonyl (C=O) groups excluding carboxylic acids is 2. The van der Waals surface area contributed by atoms with Crippen molar-refractivity contribution in [3.05, 3.63) is 64.7 Å². The highest BCUT2D eigenvalue weighted by atomic mass is 35.5. The summed E-state index contributed by atoms with van der Waals surface area (Å²) in [7, 11) is 0. The number of carbonyl (C=O) groups is 2. The Morgan fingerprint density at radius 1 is 1.18 bits per heavy atom. The third-order valence-electron chi connectivity index (χ3n) is 3.01. The van der Waals surface area contributed by atoms with Crippen molar-refractivity contribution in [3.8, 4) is 5.75 Å². The van der Waals surface area contributed by atoms with Gasteiger partial charge in [0.2, 0.25) is 0 Å². The monoisotopic (exact) mass is 317 g/mol. The zero-order valence-corrected chi connectivity index (χ0v) is 12.7. The van der Waals surface area contributed by atoms with Gasteiger partial charge in [-0.1, -0.05) is 35.9 Å². The highest BCUT2D eigenvalue weighted by Crippen LogP contribution is 2.12. The van der Waals surface area contributed by atoms with Crippen LogP contribution in [0.15, 0.2) is 48.5 Å². The first-order chi connectivity index (χ1) is 10.7. The minimum absolute atomic E-state index is 0.0804. The highest BCUT2D eigenvalue weighted by molar-refractivity contribution is 6.30. The first-order valence-corrected chi connectivity index (χ1v) is 7.24. The number of benzene rings is 2. The molecule has 0 aromatic heterocycles. The molecule has 114 valence electrons. The Balaban J connectivity index is 1.71. The fourth-order valence-corrected chi connectivity index (χ4v) is 2.00. The number of amides is 1. The average Bonchev–Trinajstić information content (AvgIpc) is 2.55. The van der Waals surface area contributed by atoms with Crippen LogP contribution in [-0.4, -0.2) is 25.3 Å². The lowest BCUT2D eigenvalue weighted by Gasteiger charge is -2.08. The lowest BCUT2D eigenvalue weighted by atomic mass is 10.1. The third-order valence-corrected chi connectivity index (χ3v) is 3.27. The molecule has 2 aromatic carbocycles. The van der Waals surface area contributed by atoms with Gasteiger partial charge in [-0.3, -0.25) is 9.59 Å². The van der Waals surface area contributed by atoms with E-state index in [1.165, 1.54) is 0 Å². The fourth-order valence-electron chi connectivity index (χ4n) is 1.87. The van der Waals surface area contributed by atoms with Gasteiger partial charge in [-0.25, -0.2) is 0 Å². The molecule has 5 heteroatoms. The molecule has 0 aliphatic rings. The van der Waals surface area contributed by atoms with Gasteiger partial charge in [-0.05, 0) is 36.2 Å². The van der Waals surface area contributed by atoms with Gasteiger partial charge in [0.1, 0.15) is 12.0 Å². The summed E-state index contributed by atoms with van der Waals surface area (Å²) in [4.78, 5) is 22.3. The van der Waals surface area contributed by atoms with Crippen molar-refractivity contribution in [3.63, 3.8) is 0 Å². The average molecular weight is 318 g/mol. The van der Waals surface area contributed by atoms with Crippen LogP contribution in [-0.2, 0) is 11.2 Å². The molecule has 4 nitrogen and oxygen atoms in total. The van der Waals surface area contributed by atoms with Crippen LogP contribution < -0.4 is 10.1 Å². The van der Waals surface area contributed by atoms with E-state index in [4.69, 9.17) is 16.3 Å². The second-order valence-corrected chi connectivity index (χ2v) is 5.14. The molecule has 0 spiro atoms. The molecule has 0 unspecified atom stereocenters. The smallest absolute Gasteiger partial charge is 0.257 e. The van der Waals surface area contributed by atoms with Crippen molar-refractivity contribution >= 4 is 23.8 Å². The van der Waals surface area contributed by atoms with Crippen molar-refractivity contribution < 1.29 is 14.3 Å². The molecule has 0 saturated heterocycles. The Bertz CT molecular complexity index is 641. The molecular weight excluding hydrogens is 302 g/mol. The van der Waals surface area contributed by atoms with Crippen LogP contribution in [0.25, 0.3) is 0 Å². The molecule has 0 bridgehead atoms. The molecule has 1 amide bonds. The van der Waals surface area contributed by atoms with E-state index in [-0.39, 0.29) is 12.5 Å². The first kappa shape index (κ1) is 16.0. The van der Waals surface area contributed by atoms with Crippen LogP contribution >= 0.6 is 11.6 Å². The number of nitrogens with one attached hydrogen (secondary N) is 1. The molecule has 2 aromatic rings. The van der Waals surface area contributed by atoms with Crippen molar-refractivity contribution in [1.29, 1.82) is 0 Å². The summed E-state index contributed by atoms with van der Waals surface area (Å²) in [5.41, 5.74) is 1.62. The predicted molar refractivity (Wildman–Crippen MR) is 85.5 cm³/mol. The molecule has 0 atom stereocenters. The van der Waals surface area contributed by atoms with Gasteiger partial charge < -0.3 is 10.1 Å². The summed E-state index contributed by atoms with van der Waals surface area (Å²) in [6.45, 7) is 0.446. The van der Waals surface area contributed by atoms with Gasteiger partial charge >= 0.3 is 0 Å². The third kappa shape index (κ3) is 5.22. The number of halogens is 1.